The van der Waals surface area contributed by atoms with E-state index in [0.29, 0.717) is 13.0 Å². The van der Waals surface area contributed by atoms with Crippen molar-refractivity contribution in [3.8, 4) is 0 Å². The van der Waals surface area contributed by atoms with Gasteiger partial charge >= 0.3 is 6.03 Å². The first-order chi connectivity index (χ1) is 9.53. The summed E-state index contributed by atoms with van der Waals surface area (Å²) >= 11 is 3.34. The van der Waals surface area contributed by atoms with Crippen LogP contribution in [0.15, 0.2) is 0 Å². The van der Waals surface area contributed by atoms with Gasteiger partial charge in [-0.25, -0.2) is 15.8 Å². The SMILES string of the molecule is CSCCCNC(=O)NO.CSCC[C@H](N)C(=O)NO.Cl.Cl. The Hall–Kier alpha value is -0.100. The summed E-state index contributed by atoms with van der Waals surface area (Å²) in [7, 11) is 0. The minimum atomic E-state index is -0.586. The van der Waals surface area contributed by atoms with E-state index < -0.39 is 18.0 Å². The van der Waals surface area contributed by atoms with Crippen molar-refractivity contribution in [2.24, 2.45) is 5.73 Å². The molecule has 0 aliphatic carbocycles. The third-order valence-electron chi connectivity index (χ3n) is 1.99. The van der Waals surface area contributed by atoms with Crippen LogP contribution in [0, 0.1) is 0 Å². The van der Waals surface area contributed by atoms with E-state index in [1.165, 1.54) is 11.0 Å². The van der Waals surface area contributed by atoms with E-state index in [-0.39, 0.29) is 24.8 Å². The molecule has 0 heterocycles. The third kappa shape index (κ3) is 22.2. The first-order valence-corrected chi connectivity index (χ1v) is 8.67. The number of amides is 3. The number of halogens is 2. The molecule has 7 N–H and O–H groups in total. The van der Waals surface area contributed by atoms with E-state index in [9.17, 15) is 9.59 Å². The Labute approximate surface area is 151 Å². The zero-order chi connectivity index (χ0) is 15.8. The molecule has 0 unspecified atom stereocenters. The first kappa shape index (κ1) is 29.9. The lowest BCUT2D eigenvalue weighted by atomic mass is 10.2. The van der Waals surface area contributed by atoms with Crippen LogP contribution >= 0.6 is 48.3 Å². The van der Waals surface area contributed by atoms with E-state index >= 15 is 0 Å². The molecule has 0 aliphatic rings. The van der Waals surface area contributed by atoms with Gasteiger partial charge in [0, 0.05) is 6.54 Å². The van der Waals surface area contributed by atoms with Gasteiger partial charge in [0.2, 0.25) is 0 Å². The second-order valence-electron chi connectivity index (χ2n) is 3.58. The van der Waals surface area contributed by atoms with E-state index in [4.69, 9.17) is 16.1 Å². The van der Waals surface area contributed by atoms with Crippen LogP contribution in [0.4, 0.5) is 4.79 Å². The van der Waals surface area contributed by atoms with Crippen molar-refractivity contribution < 1.29 is 20.0 Å². The molecule has 0 aromatic rings. The number of hydrogen-bond acceptors (Lipinski definition) is 7. The molecule has 0 rings (SSSR count). The van der Waals surface area contributed by atoms with Gasteiger partial charge in [-0.05, 0) is 36.9 Å². The topological polar surface area (TPSA) is 137 Å². The molecule has 0 fully saturated rings. The van der Waals surface area contributed by atoms with Crippen molar-refractivity contribution in [1.82, 2.24) is 16.3 Å². The van der Waals surface area contributed by atoms with E-state index in [0.717, 1.165) is 17.9 Å². The summed E-state index contributed by atoms with van der Waals surface area (Å²) in [6, 6.07) is -1.13. The molecule has 0 aliphatic heterocycles. The quantitative estimate of drug-likeness (QED) is 0.201. The highest BCUT2D eigenvalue weighted by Gasteiger charge is 2.10. The number of thioether (sulfide) groups is 2. The first-order valence-electron chi connectivity index (χ1n) is 5.88. The number of hydroxylamine groups is 2. The molecule has 136 valence electrons. The number of carbonyl (C=O) groups is 2. The molecule has 8 nitrogen and oxygen atoms in total. The smallest absolute Gasteiger partial charge is 0.336 e. The third-order valence-corrected chi connectivity index (χ3v) is 3.33. The lowest BCUT2D eigenvalue weighted by molar-refractivity contribution is -0.130. The van der Waals surface area contributed by atoms with Crippen LogP contribution in [0.5, 0.6) is 0 Å². The van der Waals surface area contributed by atoms with Gasteiger partial charge in [-0.1, -0.05) is 0 Å². The van der Waals surface area contributed by atoms with Crippen LogP contribution in [0.1, 0.15) is 12.8 Å². The van der Waals surface area contributed by atoms with Gasteiger partial charge in [-0.3, -0.25) is 15.2 Å². The maximum atomic E-state index is 10.5. The summed E-state index contributed by atoms with van der Waals surface area (Å²) in [5.74, 6) is 1.33. The van der Waals surface area contributed by atoms with Gasteiger partial charge in [0.25, 0.3) is 5.91 Å². The number of nitrogens with one attached hydrogen (secondary N) is 3. The summed E-state index contributed by atoms with van der Waals surface area (Å²) in [4.78, 5) is 20.8. The van der Waals surface area contributed by atoms with Crippen molar-refractivity contribution >= 4 is 60.3 Å². The van der Waals surface area contributed by atoms with Crippen LogP contribution < -0.4 is 22.0 Å². The second kappa shape index (κ2) is 23.2. The fourth-order valence-corrected chi connectivity index (χ4v) is 1.84. The van der Waals surface area contributed by atoms with Crippen LogP contribution in [-0.4, -0.2) is 59.0 Å². The number of hydrogen-bond donors (Lipinski definition) is 6. The summed E-state index contributed by atoms with van der Waals surface area (Å²) in [6.45, 7) is 0.604. The van der Waals surface area contributed by atoms with Crippen molar-refractivity contribution in [3.63, 3.8) is 0 Å². The number of urea groups is 1. The second-order valence-corrected chi connectivity index (χ2v) is 5.55. The fraction of sp³-hybridized carbons (Fsp3) is 0.800. The van der Waals surface area contributed by atoms with Crippen LogP contribution in [0.3, 0.4) is 0 Å². The minimum Gasteiger partial charge on any atom is -0.336 e. The van der Waals surface area contributed by atoms with E-state index in [2.05, 4.69) is 5.32 Å². The highest BCUT2D eigenvalue weighted by molar-refractivity contribution is 7.98. The molecule has 0 radical (unpaired) electrons. The van der Waals surface area contributed by atoms with Crippen molar-refractivity contribution in [2.45, 2.75) is 18.9 Å². The summed E-state index contributed by atoms with van der Waals surface area (Å²) < 4.78 is 0. The molecule has 0 aromatic heterocycles. The fourth-order valence-electron chi connectivity index (χ4n) is 0.917. The maximum Gasteiger partial charge on any atom is 0.338 e. The highest BCUT2D eigenvalue weighted by Crippen LogP contribution is 1.97. The van der Waals surface area contributed by atoms with Crippen LogP contribution in [-0.2, 0) is 4.79 Å². The molecule has 0 saturated carbocycles. The Balaban J connectivity index is -0.000000135. The molecule has 0 aromatic carbocycles. The minimum absolute atomic E-state index is 0. The van der Waals surface area contributed by atoms with Crippen LogP contribution in [0.25, 0.3) is 0 Å². The Morgan fingerprint density at radius 2 is 1.64 bits per heavy atom. The lowest BCUT2D eigenvalue weighted by Crippen LogP contribution is -2.39. The van der Waals surface area contributed by atoms with Crippen molar-refractivity contribution in [3.05, 3.63) is 0 Å². The van der Waals surface area contributed by atoms with Gasteiger partial charge in [0.05, 0.1) is 6.04 Å². The monoisotopic (exact) mass is 400 g/mol. The molecule has 22 heavy (non-hydrogen) atoms. The van der Waals surface area contributed by atoms with E-state index in [1.807, 2.05) is 12.5 Å². The average molecular weight is 401 g/mol. The normalized spacial score (nSPS) is 9.86. The largest absolute Gasteiger partial charge is 0.338 e. The number of carbonyl (C=O) groups excluding carboxylic acids is 2. The molecular formula is C10H26Cl2N4O4S2. The maximum absolute atomic E-state index is 10.5. The average Bonchev–Trinajstić information content (AvgIpc) is 2.48. The zero-order valence-corrected chi connectivity index (χ0v) is 15.8. The highest BCUT2D eigenvalue weighted by atomic mass is 35.5. The summed E-state index contributed by atoms with van der Waals surface area (Å²) in [5, 5.41) is 18.6. The van der Waals surface area contributed by atoms with Crippen LogP contribution in [0.2, 0.25) is 0 Å². The molecule has 0 spiro atoms. The number of rotatable bonds is 8. The van der Waals surface area contributed by atoms with Crippen molar-refractivity contribution in [2.75, 3.05) is 30.6 Å². The predicted molar refractivity (Wildman–Crippen MR) is 96.7 cm³/mol. The van der Waals surface area contributed by atoms with Gasteiger partial charge in [-0.2, -0.15) is 23.5 Å². The Morgan fingerprint density at radius 1 is 1.09 bits per heavy atom. The van der Waals surface area contributed by atoms with Gasteiger partial charge in [0.15, 0.2) is 0 Å². The van der Waals surface area contributed by atoms with E-state index in [1.54, 1.807) is 23.5 Å². The molecule has 3 amide bonds. The van der Waals surface area contributed by atoms with Gasteiger partial charge in [-0.15, -0.1) is 24.8 Å². The van der Waals surface area contributed by atoms with Gasteiger partial charge < -0.3 is 11.1 Å². The van der Waals surface area contributed by atoms with Crippen molar-refractivity contribution in [1.29, 1.82) is 0 Å². The zero-order valence-electron chi connectivity index (χ0n) is 12.5. The lowest BCUT2D eigenvalue weighted by Gasteiger charge is -2.06. The molecule has 0 bridgehead atoms. The summed E-state index contributed by atoms with van der Waals surface area (Å²) in [5.41, 5.74) is 8.31. The summed E-state index contributed by atoms with van der Waals surface area (Å²) in [6.07, 6.45) is 5.46. The number of nitrogens with two attached hydrogens (primary N) is 1. The molecule has 1 atom stereocenters. The Morgan fingerprint density at radius 3 is 2.05 bits per heavy atom. The molecule has 0 saturated heterocycles. The molecule has 12 heteroatoms. The standard InChI is InChI=1S/2C5H12N2O2S.2ClH/c1-10-4-2-3-6-5(8)7-9;1-10-3-2-4(6)5(8)7-9;;/h9H,2-4H2,1H3,(H2,6,7,8);4,9H,2-3,6H2,1H3,(H,7,8);2*1H/t;4-;;/m.0../s1. The Kier molecular flexibility index (Phi) is 31.4. The Bertz CT molecular complexity index is 269. The van der Waals surface area contributed by atoms with Gasteiger partial charge in [0.1, 0.15) is 0 Å². The molecular weight excluding hydrogens is 375 g/mol. The predicted octanol–water partition coefficient (Wildman–Crippen LogP) is 0.844.